The molecule has 3 aromatic rings. The average molecular weight is 679 g/mol. The summed E-state index contributed by atoms with van der Waals surface area (Å²) in [6, 6.07) is 20.2. The van der Waals surface area contributed by atoms with Crippen LogP contribution in [0.4, 0.5) is 0 Å². The molecule has 9 nitrogen and oxygen atoms in total. The number of rotatable bonds is 8. The van der Waals surface area contributed by atoms with Crippen molar-refractivity contribution in [1.82, 2.24) is 14.1 Å². The van der Waals surface area contributed by atoms with Gasteiger partial charge in [-0.3, -0.25) is 9.59 Å². The number of ether oxygens (including phenoxy) is 1. The van der Waals surface area contributed by atoms with Gasteiger partial charge in [-0.2, -0.15) is 4.31 Å². The van der Waals surface area contributed by atoms with E-state index in [1.165, 1.54) is 23.6 Å². The number of carbonyl (C=O) groups is 2. The molecule has 1 aliphatic carbocycles. The zero-order valence-corrected chi connectivity index (χ0v) is 28.2. The molecule has 1 atom stereocenters. The summed E-state index contributed by atoms with van der Waals surface area (Å²) >= 11 is 6.03. The highest BCUT2D eigenvalue weighted by atomic mass is 35.5. The van der Waals surface area contributed by atoms with Crippen LogP contribution in [0.15, 0.2) is 77.7 Å². The molecule has 2 aliphatic heterocycles. The van der Waals surface area contributed by atoms with Gasteiger partial charge in [0, 0.05) is 49.4 Å². The monoisotopic (exact) mass is 678 g/mol. The first-order chi connectivity index (χ1) is 22.7. The summed E-state index contributed by atoms with van der Waals surface area (Å²) in [7, 11) is -4.05. The second-order valence-corrected chi connectivity index (χ2v) is 15.2. The summed E-state index contributed by atoms with van der Waals surface area (Å²) in [6.45, 7) is 1.66. The van der Waals surface area contributed by atoms with Crippen molar-refractivity contribution in [1.29, 1.82) is 0 Å². The molecule has 3 aromatic carbocycles. The van der Waals surface area contributed by atoms with E-state index in [0.29, 0.717) is 54.8 Å². The number of halogens is 1. The van der Waals surface area contributed by atoms with E-state index in [-0.39, 0.29) is 42.4 Å². The van der Waals surface area contributed by atoms with E-state index in [4.69, 9.17) is 22.1 Å². The lowest BCUT2D eigenvalue weighted by atomic mass is 9.90. The van der Waals surface area contributed by atoms with E-state index < -0.39 is 16.1 Å². The van der Waals surface area contributed by atoms with Crippen molar-refractivity contribution >= 4 is 33.4 Å². The molecule has 1 unspecified atom stereocenters. The third kappa shape index (κ3) is 7.83. The number of piperazine rings is 1. The molecule has 11 heteroatoms. The molecule has 47 heavy (non-hydrogen) atoms. The van der Waals surface area contributed by atoms with Crippen LogP contribution in [0.25, 0.3) is 11.1 Å². The van der Waals surface area contributed by atoms with E-state index in [1.54, 1.807) is 46.2 Å². The summed E-state index contributed by atoms with van der Waals surface area (Å²) in [5.41, 5.74) is 8.48. The highest BCUT2D eigenvalue weighted by Gasteiger charge is 2.43. The van der Waals surface area contributed by atoms with Gasteiger partial charge in [-0.25, -0.2) is 8.42 Å². The lowest BCUT2D eigenvalue weighted by molar-refractivity contribution is -0.137. The molecule has 0 spiro atoms. The highest BCUT2D eigenvalue weighted by molar-refractivity contribution is 7.89. The maximum atomic E-state index is 14.1. The number of carbonyl (C=O) groups excluding carboxylic acids is 2. The molecular formula is C36H43ClN4O5S. The van der Waals surface area contributed by atoms with Gasteiger partial charge in [0.15, 0.2) is 0 Å². The topological polar surface area (TPSA) is 113 Å². The van der Waals surface area contributed by atoms with Crippen LogP contribution in [0.5, 0.6) is 5.75 Å². The Morgan fingerprint density at radius 2 is 1.38 bits per heavy atom. The van der Waals surface area contributed by atoms with E-state index in [1.807, 2.05) is 36.4 Å². The first-order valence-electron chi connectivity index (χ1n) is 16.6. The summed E-state index contributed by atoms with van der Waals surface area (Å²) in [5.74, 6) is 0.610. The molecule has 3 fully saturated rings. The van der Waals surface area contributed by atoms with Crippen molar-refractivity contribution in [2.45, 2.75) is 61.9 Å². The number of hydrogen-bond donors (Lipinski definition) is 1. The van der Waals surface area contributed by atoms with Gasteiger partial charge in [-0.1, -0.05) is 55.1 Å². The van der Waals surface area contributed by atoms with Gasteiger partial charge in [0.25, 0.3) is 5.91 Å². The molecule has 2 N–H and O–H groups in total. The Labute approximate surface area is 282 Å². The molecule has 2 saturated heterocycles. The summed E-state index contributed by atoms with van der Waals surface area (Å²) in [5, 5.41) is 0.647. The lowest BCUT2D eigenvalue weighted by Crippen LogP contribution is -2.62. The predicted octanol–water partition coefficient (Wildman–Crippen LogP) is 5.43. The number of hydrogen-bond acceptors (Lipinski definition) is 6. The van der Waals surface area contributed by atoms with Crippen molar-refractivity contribution < 1.29 is 22.7 Å². The van der Waals surface area contributed by atoms with Crippen LogP contribution in [-0.2, 0) is 14.8 Å². The summed E-state index contributed by atoms with van der Waals surface area (Å²) in [4.78, 5) is 31.1. The smallest absolute Gasteiger partial charge is 0.253 e. The first kappa shape index (κ1) is 33.5. The molecule has 2 amide bonds. The van der Waals surface area contributed by atoms with Gasteiger partial charge in [-0.05, 0) is 91.3 Å². The quantitative estimate of drug-likeness (QED) is 0.340. The van der Waals surface area contributed by atoms with Crippen LogP contribution in [0.1, 0.15) is 55.3 Å². The van der Waals surface area contributed by atoms with Crippen LogP contribution in [-0.4, -0.2) is 85.8 Å². The molecule has 0 aromatic heterocycles. The van der Waals surface area contributed by atoms with E-state index in [2.05, 4.69) is 0 Å². The third-order valence-electron chi connectivity index (χ3n) is 9.70. The van der Waals surface area contributed by atoms with Crippen LogP contribution in [0.2, 0.25) is 5.02 Å². The van der Waals surface area contributed by atoms with Crippen molar-refractivity contribution in [2.24, 2.45) is 11.7 Å². The fourth-order valence-corrected chi connectivity index (χ4v) is 8.50. The van der Waals surface area contributed by atoms with Gasteiger partial charge in [-0.15, -0.1) is 0 Å². The Bertz CT molecular complexity index is 1640. The number of nitrogens with zero attached hydrogens (tertiary/aromatic N) is 3. The zero-order valence-electron chi connectivity index (χ0n) is 26.6. The minimum Gasteiger partial charge on any atom is -0.493 e. The third-order valence-corrected chi connectivity index (χ3v) is 11.9. The van der Waals surface area contributed by atoms with Crippen molar-refractivity contribution in [3.8, 4) is 16.9 Å². The fraction of sp³-hybridized carbons (Fsp3) is 0.444. The number of sulfonamides is 1. The maximum Gasteiger partial charge on any atom is 0.253 e. The van der Waals surface area contributed by atoms with Crippen LogP contribution >= 0.6 is 11.6 Å². The van der Waals surface area contributed by atoms with Gasteiger partial charge in [0.2, 0.25) is 15.9 Å². The molecule has 250 valence electrons. The number of piperidine rings is 1. The Balaban J connectivity index is 1.19. The lowest BCUT2D eigenvalue weighted by Gasteiger charge is -2.42. The number of nitrogens with two attached hydrogens (primary N) is 1. The average Bonchev–Trinajstić information content (AvgIpc) is 3.11. The number of benzene rings is 3. The highest BCUT2D eigenvalue weighted by Crippen LogP contribution is 2.29. The van der Waals surface area contributed by atoms with Crippen LogP contribution in [0, 0.1) is 5.92 Å². The van der Waals surface area contributed by atoms with E-state index >= 15 is 0 Å². The van der Waals surface area contributed by atoms with Gasteiger partial charge in [0.05, 0.1) is 11.5 Å². The van der Waals surface area contributed by atoms with Gasteiger partial charge in [0.1, 0.15) is 11.8 Å². The second-order valence-electron chi connectivity index (χ2n) is 12.9. The first-order valence-corrected chi connectivity index (χ1v) is 18.5. The standard InChI is InChI=1S/C36H43ClN4O5S/c37-30-12-10-28(11-13-30)27-6-8-29(9-7-27)35(42)40-22-23-41(34(24-40)36(43)39-20-18-31(38)19-21-39)47(44,45)33-16-14-32(15-17-33)46-25-26-4-2-1-3-5-26/h6-17,26,31,34H,1-5,18-25,38H2. The van der Waals surface area contributed by atoms with Gasteiger partial charge < -0.3 is 20.3 Å². The Morgan fingerprint density at radius 1 is 0.766 bits per heavy atom. The van der Waals surface area contributed by atoms with Crippen LogP contribution in [0.3, 0.4) is 0 Å². The molecule has 1 saturated carbocycles. The van der Waals surface area contributed by atoms with Crippen molar-refractivity contribution in [3.63, 3.8) is 0 Å². The van der Waals surface area contributed by atoms with E-state index in [9.17, 15) is 18.0 Å². The largest absolute Gasteiger partial charge is 0.493 e. The predicted molar refractivity (Wildman–Crippen MR) is 183 cm³/mol. The Morgan fingerprint density at radius 3 is 2.02 bits per heavy atom. The Kier molecular flexibility index (Phi) is 10.5. The number of amides is 2. The molecule has 2 heterocycles. The molecule has 6 rings (SSSR count). The fourth-order valence-electron chi connectivity index (χ4n) is 6.81. The Hall–Kier alpha value is -3.44. The van der Waals surface area contributed by atoms with Gasteiger partial charge >= 0.3 is 0 Å². The van der Waals surface area contributed by atoms with Crippen LogP contribution < -0.4 is 10.5 Å². The molecule has 0 radical (unpaired) electrons. The van der Waals surface area contributed by atoms with Crippen molar-refractivity contribution in [2.75, 3.05) is 39.3 Å². The second kappa shape index (κ2) is 14.8. The zero-order chi connectivity index (χ0) is 33.0. The molecule has 3 aliphatic rings. The minimum absolute atomic E-state index is 0.000619. The number of likely N-dealkylation sites (tertiary alicyclic amines) is 1. The normalized spacial score (nSPS) is 20.3. The molecule has 0 bridgehead atoms. The summed E-state index contributed by atoms with van der Waals surface area (Å²) in [6.07, 6.45) is 7.35. The van der Waals surface area contributed by atoms with Crippen molar-refractivity contribution in [3.05, 3.63) is 83.4 Å². The molecular weight excluding hydrogens is 636 g/mol. The minimum atomic E-state index is -4.05. The SMILES string of the molecule is NC1CCN(C(=O)C2CN(C(=O)c3ccc(-c4ccc(Cl)cc4)cc3)CCN2S(=O)(=O)c2ccc(OCC3CCCCC3)cc2)CC1. The summed E-state index contributed by atoms with van der Waals surface area (Å²) < 4.78 is 35.4. The van der Waals surface area contributed by atoms with E-state index in [0.717, 1.165) is 24.0 Å². The maximum absolute atomic E-state index is 14.1.